The predicted octanol–water partition coefficient (Wildman–Crippen LogP) is 2.95. The number of halogens is 1. The van der Waals surface area contributed by atoms with Crippen LogP contribution in [0.3, 0.4) is 0 Å². The van der Waals surface area contributed by atoms with Gasteiger partial charge in [-0.3, -0.25) is 19.8 Å². The Morgan fingerprint density at radius 3 is 2.36 bits per heavy atom. The fourth-order valence-electron chi connectivity index (χ4n) is 2.82. The smallest absolute Gasteiger partial charge is 0.318 e. The molecule has 0 bridgehead atoms. The summed E-state index contributed by atoms with van der Waals surface area (Å²) in [5, 5.41) is 2.16. The molecule has 128 valence electrons. The van der Waals surface area contributed by atoms with Crippen LogP contribution in [0, 0.1) is 13.8 Å². The fraction of sp³-hybridized carbons (Fsp3) is 0.167. The molecule has 0 aliphatic carbocycles. The average molecular weight is 402 g/mol. The summed E-state index contributed by atoms with van der Waals surface area (Å²) in [5.74, 6) is -1.29. The van der Waals surface area contributed by atoms with Crippen LogP contribution in [0.5, 0.6) is 0 Å². The molecule has 2 heterocycles. The molecule has 1 aliphatic rings. The minimum atomic E-state index is -0.715. The summed E-state index contributed by atoms with van der Waals surface area (Å²) in [5.41, 5.74) is 3.54. The zero-order chi connectivity index (χ0) is 18.3. The second kappa shape index (κ2) is 6.33. The maximum Gasteiger partial charge on any atom is 0.331 e. The molecule has 1 aromatic carbocycles. The number of nitrogens with zero attached hydrogens (tertiary/aromatic N) is 2. The maximum atomic E-state index is 12.2. The van der Waals surface area contributed by atoms with E-state index in [0.29, 0.717) is 0 Å². The topological polar surface area (TPSA) is 71.4 Å². The van der Waals surface area contributed by atoms with Gasteiger partial charge in [0.25, 0.3) is 11.8 Å². The van der Waals surface area contributed by atoms with Crippen molar-refractivity contribution in [3.05, 3.63) is 57.3 Å². The Morgan fingerprint density at radius 2 is 1.72 bits per heavy atom. The number of carbonyl (C=O) groups excluding carboxylic acids is 3. The largest absolute Gasteiger partial charge is 0.331 e. The van der Waals surface area contributed by atoms with Crippen LogP contribution in [0.25, 0.3) is 11.8 Å². The highest BCUT2D eigenvalue weighted by molar-refractivity contribution is 9.10. The van der Waals surface area contributed by atoms with E-state index in [0.717, 1.165) is 32.0 Å². The lowest BCUT2D eigenvalue weighted by Gasteiger charge is -2.22. The zero-order valence-corrected chi connectivity index (χ0v) is 15.5. The third kappa shape index (κ3) is 3.02. The number of barbiturate groups is 1. The molecule has 0 radical (unpaired) electrons. The molecule has 25 heavy (non-hydrogen) atoms. The summed E-state index contributed by atoms with van der Waals surface area (Å²) in [7, 11) is 1.34. The predicted molar refractivity (Wildman–Crippen MR) is 97.2 cm³/mol. The Morgan fingerprint density at radius 1 is 1.08 bits per heavy atom. The Balaban J connectivity index is 2.06. The van der Waals surface area contributed by atoms with E-state index in [1.165, 1.54) is 13.1 Å². The number of carbonyl (C=O) groups is 3. The molecule has 1 N–H and O–H groups in total. The van der Waals surface area contributed by atoms with Gasteiger partial charge in [-0.05, 0) is 55.8 Å². The number of benzene rings is 1. The quantitative estimate of drug-likeness (QED) is 0.620. The lowest BCUT2D eigenvalue weighted by atomic mass is 10.1. The van der Waals surface area contributed by atoms with Gasteiger partial charge in [0, 0.05) is 28.6 Å². The van der Waals surface area contributed by atoms with E-state index >= 15 is 0 Å². The number of rotatable bonds is 2. The van der Waals surface area contributed by atoms with E-state index in [1.807, 2.05) is 48.7 Å². The SMILES string of the molecule is Cc1cc(/C=C2/C(=O)NC(=O)N(C)C2=O)c(C)n1-c1ccc(Br)cc1. The van der Waals surface area contributed by atoms with E-state index in [-0.39, 0.29) is 5.57 Å². The second-order valence-corrected chi connectivity index (χ2v) is 6.74. The molecule has 7 heteroatoms. The van der Waals surface area contributed by atoms with Crippen molar-refractivity contribution in [3.63, 3.8) is 0 Å². The van der Waals surface area contributed by atoms with Gasteiger partial charge in [0.05, 0.1) is 0 Å². The van der Waals surface area contributed by atoms with Crippen molar-refractivity contribution in [2.75, 3.05) is 7.05 Å². The van der Waals surface area contributed by atoms with E-state index < -0.39 is 17.8 Å². The summed E-state index contributed by atoms with van der Waals surface area (Å²) in [6, 6.07) is 9.04. The van der Waals surface area contributed by atoms with Gasteiger partial charge in [0.2, 0.25) is 0 Å². The number of nitrogens with one attached hydrogen (secondary N) is 1. The van der Waals surface area contributed by atoms with Crippen molar-refractivity contribution in [1.29, 1.82) is 0 Å². The van der Waals surface area contributed by atoms with Crippen molar-refractivity contribution >= 4 is 39.9 Å². The van der Waals surface area contributed by atoms with Gasteiger partial charge in [-0.15, -0.1) is 0 Å². The van der Waals surface area contributed by atoms with Gasteiger partial charge in [-0.25, -0.2) is 4.79 Å². The molecule has 2 aromatic rings. The number of hydrogen-bond donors (Lipinski definition) is 1. The number of amides is 4. The van der Waals surface area contributed by atoms with Crippen LogP contribution in [0.2, 0.25) is 0 Å². The molecule has 1 fully saturated rings. The normalized spacial score (nSPS) is 16.6. The molecule has 0 spiro atoms. The average Bonchev–Trinajstić information content (AvgIpc) is 2.84. The number of aryl methyl sites for hydroxylation is 1. The molecule has 0 saturated carbocycles. The van der Waals surface area contributed by atoms with Crippen molar-refractivity contribution in [2.24, 2.45) is 0 Å². The van der Waals surface area contributed by atoms with Gasteiger partial charge < -0.3 is 4.57 Å². The number of likely N-dealkylation sites (N-methyl/N-ethyl adjacent to an activating group) is 1. The van der Waals surface area contributed by atoms with Gasteiger partial charge >= 0.3 is 6.03 Å². The molecule has 1 aromatic heterocycles. The number of hydrogen-bond acceptors (Lipinski definition) is 3. The van der Waals surface area contributed by atoms with E-state index in [4.69, 9.17) is 0 Å². The monoisotopic (exact) mass is 401 g/mol. The Hall–Kier alpha value is -2.67. The van der Waals surface area contributed by atoms with Gasteiger partial charge in [0.1, 0.15) is 5.57 Å². The van der Waals surface area contributed by atoms with Gasteiger partial charge in [0.15, 0.2) is 0 Å². The highest BCUT2D eigenvalue weighted by Crippen LogP contribution is 2.24. The molecular weight excluding hydrogens is 386 g/mol. The molecular formula is C18H16BrN3O3. The Labute approximate surface area is 153 Å². The van der Waals surface area contributed by atoms with E-state index in [1.54, 1.807) is 0 Å². The van der Waals surface area contributed by atoms with Crippen molar-refractivity contribution in [3.8, 4) is 5.69 Å². The van der Waals surface area contributed by atoms with Crippen molar-refractivity contribution in [1.82, 2.24) is 14.8 Å². The van der Waals surface area contributed by atoms with Crippen LogP contribution in [-0.2, 0) is 9.59 Å². The fourth-order valence-corrected chi connectivity index (χ4v) is 3.09. The number of imide groups is 2. The lowest BCUT2D eigenvalue weighted by Crippen LogP contribution is -2.52. The number of urea groups is 1. The lowest BCUT2D eigenvalue weighted by molar-refractivity contribution is -0.129. The summed E-state index contributed by atoms with van der Waals surface area (Å²) in [6.07, 6.45) is 1.53. The first-order valence-corrected chi connectivity index (χ1v) is 8.39. The first-order valence-electron chi connectivity index (χ1n) is 7.59. The van der Waals surface area contributed by atoms with E-state index in [2.05, 4.69) is 21.2 Å². The Kier molecular flexibility index (Phi) is 4.34. The highest BCUT2D eigenvalue weighted by atomic mass is 79.9. The molecule has 0 unspecified atom stereocenters. The molecule has 0 atom stereocenters. The molecule has 4 amide bonds. The van der Waals surface area contributed by atoms with E-state index in [9.17, 15) is 14.4 Å². The number of aromatic nitrogens is 1. The van der Waals surface area contributed by atoms with Crippen LogP contribution in [0.1, 0.15) is 17.0 Å². The maximum absolute atomic E-state index is 12.2. The molecule has 1 aliphatic heterocycles. The van der Waals surface area contributed by atoms with Crippen molar-refractivity contribution < 1.29 is 14.4 Å². The summed E-state index contributed by atoms with van der Waals surface area (Å²) < 4.78 is 3.03. The molecule has 3 rings (SSSR count). The van der Waals surface area contributed by atoms with Crippen LogP contribution >= 0.6 is 15.9 Å². The summed E-state index contributed by atoms with van der Waals surface area (Å²) >= 11 is 3.42. The first-order chi connectivity index (χ1) is 11.8. The highest BCUT2D eigenvalue weighted by Gasteiger charge is 2.33. The summed E-state index contributed by atoms with van der Waals surface area (Å²) in [4.78, 5) is 36.6. The zero-order valence-electron chi connectivity index (χ0n) is 14.0. The minimum Gasteiger partial charge on any atom is -0.318 e. The van der Waals surface area contributed by atoms with Gasteiger partial charge in [-0.2, -0.15) is 0 Å². The standard InChI is InChI=1S/C18H16BrN3O3/c1-10-8-12(9-15-16(23)20-18(25)21(3)17(15)24)11(2)22(10)14-6-4-13(19)5-7-14/h4-9H,1-3H3,(H,20,23,25)/b15-9-. The van der Waals surface area contributed by atoms with Crippen LogP contribution in [0.4, 0.5) is 4.79 Å². The summed E-state index contributed by atoms with van der Waals surface area (Å²) in [6.45, 7) is 3.87. The first kappa shape index (κ1) is 17.2. The Bertz CT molecular complexity index is 926. The third-order valence-electron chi connectivity index (χ3n) is 4.16. The van der Waals surface area contributed by atoms with Gasteiger partial charge in [-0.1, -0.05) is 15.9 Å². The second-order valence-electron chi connectivity index (χ2n) is 5.82. The molecule has 1 saturated heterocycles. The van der Waals surface area contributed by atoms with Crippen molar-refractivity contribution in [2.45, 2.75) is 13.8 Å². The minimum absolute atomic E-state index is 0.0573. The van der Waals surface area contributed by atoms with Crippen LogP contribution in [-0.4, -0.2) is 34.4 Å². The van der Waals surface area contributed by atoms with Crippen LogP contribution < -0.4 is 5.32 Å². The molecule has 6 nitrogen and oxygen atoms in total. The van der Waals surface area contributed by atoms with Crippen LogP contribution in [0.15, 0.2) is 40.4 Å². The third-order valence-corrected chi connectivity index (χ3v) is 4.69.